The number of ether oxygens (including phenoxy) is 2. The molecule has 0 spiro atoms. The van der Waals surface area contributed by atoms with Gasteiger partial charge in [-0.25, -0.2) is 4.79 Å². The number of esters is 2. The van der Waals surface area contributed by atoms with E-state index < -0.39 is 0 Å². The van der Waals surface area contributed by atoms with Crippen LogP contribution in [0.15, 0.2) is 36.4 Å². The Bertz CT molecular complexity index is 508. The molecule has 1 aromatic carbocycles. The first-order valence-corrected chi connectivity index (χ1v) is 7.38. The zero-order valence-corrected chi connectivity index (χ0v) is 13.0. The van der Waals surface area contributed by atoms with E-state index in [0.29, 0.717) is 30.0 Å². The van der Waals surface area contributed by atoms with Gasteiger partial charge in [0.1, 0.15) is 5.75 Å². The molecule has 1 aromatic rings. The second-order valence-corrected chi connectivity index (χ2v) is 5.12. The molecular formula is C17H23NO4. The molecular weight excluding hydrogens is 282 g/mol. The molecule has 0 saturated carbocycles. The fourth-order valence-electron chi connectivity index (χ4n) is 1.73. The van der Waals surface area contributed by atoms with Gasteiger partial charge < -0.3 is 15.2 Å². The molecule has 0 aliphatic carbocycles. The van der Waals surface area contributed by atoms with E-state index in [0.717, 1.165) is 25.7 Å². The van der Waals surface area contributed by atoms with Crippen LogP contribution in [0.1, 0.15) is 39.0 Å². The lowest BCUT2D eigenvalue weighted by atomic mass is 10.1. The van der Waals surface area contributed by atoms with Crippen molar-refractivity contribution in [3.63, 3.8) is 0 Å². The summed E-state index contributed by atoms with van der Waals surface area (Å²) < 4.78 is 10.2. The van der Waals surface area contributed by atoms with Crippen LogP contribution >= 0.6 is 0 Å². The van der Waals surface area contributed by atoms with Crippen LogP contribution in [0.5, 0.6) is 5.75 Å². The van der Waals surface area contributed by atoms with Crippen LogP contribution in [0.3, 0.4) is 0 Å². The predicted molar refractivity (Wildman–Crippen MR) is 85.3 cm³/mol. The summed E-state index contributed by atoms with van der Waals surface area (Å²) in [5, 5.41) is 0. The SMILES string of the molecule is C=C(C)C(=O)OCCCCCCC(=O)Oc1ccc(N)cc1. The number of nitrogens with two attached hydrogens (primary N) is 1. The molecule has 5 nitrogen and oxygen atoms in total. The lowest BCUT2D eigenvalue weighted by Gasteiger charge is -2.05. The van der Waals surface area contributed by atoms with E-state index in [-0.39, 0.29) is 11.9 Å². The van der Waals surface area contributed by atoms with Gasteiger partial charge in [-0.2, -0.15) is 0 Å². The monoisotopic (exact) mass is 305 g/mol. The maximum absolute atomic E-state index is 11.6. The average molecular weight is 305 g/mol. The minimum atomic E-state index is -0.355. The highest BCUT2D eigenvalue weighted by Crippen LogP contribution is 2.14. The first kappa shape index (κ1) is 17.8. The smallest absolute Gasteiger partial charge is 0.333 e. The van der Waals surface area contributed by atoms with Crippen molar-refractivity contribution in [2.45, 2.75) is 39.0 Å². The van der Waals surface area contributed by atoms with E-state index in [9.17, 15) is 9.59 Å². The second kappa shape index (κ2) is 9.60. The Hall–Kier alpha value is -2.30. The Balaban J connectivity index is 2.04. The molecule has 0 unspecified atom stereocenters. The molecule has 0 fully saturated rings. The molecule has 0 heterocycles. The molecule has 0 amide bonds. The minimum Gasteiger partial charge on any atom is -0.462 e. The number of hydrogen-bond donors (Lipinski definition) is 1. The normalized spacial score (nSPS) is 10.0. The summed E-state index contributed by atoms with van der Waals surface area (Å²) in [4.78, 5) is 22.7. The lowest BCUT2D eigenvalue weighted by molar-refractivity contribution is -0.139. The highest BCUT2D eigenvalue weighted by Gasteiger charge is 2.05. The van der Waals surface area contributed by atoms with Crippen LogP contribution in [-0.2, 0) is 14.3 Å². The van der Waals surface area contributed by atoms with Gasteiger partial charge in [0.25, 0.3) is 0 Å². The van der Waals surface area contributed by atoms with Crippen molar-refractivity contribution < 1.29 is 19.1 Å². The number of anilines is 1. The summed E-state index contributed by atoms with van der Waals surface area (Å²) in [6.07, 6.45) is 3.70. The van der Waals surface area contributed by atoms with Crippen molar-refractivity contribution in [2.24, 2.45) is 0 Å². The Morgan fingerprint density at radius 1 is 1.09 bits per heavy atom. The van der Waals surface area contributed by atoms with Crippen LogP contribution in [0, 0.1) is 0 Å². The molecule has 5 heteroatoms. The topological polar surface area (TPSA) is 78.6 Å². The summed E-state index contributed by atoms with van der Waals surface area (Å²) in [6, 6.07) is 6.72. The zero-order valence-electron chi connectivity index (χ0n) is 13.0. The van der Waals surface area contributed by atoms with Crippen molar-refractivity contribution in [3.05, 3.63) is 36.4 Å². The number of unbranched alkanes of at least 4 members (excludes halogenated alkanes) is 3. The fourth-order valence-corrected chi connectivity index (χ4v) is 1.73. The molecule has 0 saturated heterocycles. The third kappa shape index (κ3) is 7.47. The molecule has 1 rings (SSSR count). The highest BCUT2D eigenvalue weighted by atomic mass is 16.5. The van der Waals surface area contributed by atoms with Crippen molar-refractivity contribution in [2.75, 3.05) is 12.3 Å². The van der Waals surface area contributed by atoms with Gasteiger partial charge in [-0.15, -0.1) is 0 Å². The number of nitrogen functional groups attached to an aromatic ring is 1. The van der Waals surface area contributed by atoms with E-state index in [1.807, 2.05) is 0 Å². The number of rotatable bonds is 9. The Morgan fingerprint density at radius 2 is 1.73 bits per heavy atom. The summed E-state index contributed by atoms with van der Waals surface area (Å²) in [5.74, 6) is -0.100. The van der Waals surface area contributed by atoms with E-state index in [1.165, 1.54) is 0 Å². The van der Waals surface area contributed by atoms with Gasteiger partial charge in [0.05, 0.1) is 6.61 Å². The summed E-state index contributed by atoms with van der Waals surface area (Å²) in [5.41, 5.74) is 6.59. The van der Waals surface area contributed by atoms with E-state index in [1.54, 1.807) is 31.2 Å². The third-order valence-corrected chi connectivity index (χ3v) is 2.97. The molecule has 0 atom stereocenters. The molecule has 0 aromatic heterocycles. The number of carbonyl (C=O) groups excluding carboxylic acids is 2. The standard InChI is InChI=1S/C17H23NO4/c1-13(2)17(20)21-12-6-4-3-5-7-16(19)22-15-10-8-14(18)9-11-15/h8-11H,1,3-7,12,18H2,2H3. The van der Waals surface area contributed by atoms with Crippen LogP contribution < -0.4 is 10.5 Å². The quantitative estimate of drug-likeness (QED) is 0.249. The average Bonchev–Trinajstić information content (AvgIpc) is 2.48. The van der Waals surface area contributed by atoms with Gasteiger partial charge in [0, 0.05) is 17.7 Å². The molecule has 0 aliphatic heterocycles. The highest BCUT2D eigenvalue weighted by molar-refractivity contribution is 5.86. The van der Waals surface area contributed by atoms with E-state index in [2.05, 4.69) is 6.58 Å². The van der Waals surface area contributed by atoms with Gasteiger partial charge in [0.2, 0.25) is 0 Å². The van der Waals surface area contributed by atoms with Crippen LogP contribution in [-0.4, -0.2) is 18.5 Å². The molecule has 0 bridgehead atoms. The van der Waals surface area contributed by atoms with Crippen molar-refractivity contribution >= 4 is 17.6 Å². The van der Waals surface area contributed by atoms with Gasteiger partial charge in [-0.3, -0.25) is 4.79 Å². The molecule has 120 valence electrons. The van der Waals surface area contributed by atoms with Gasteiger partial charge in [0.15, 0.2) is 0 Å². The summed E-state index contributed by atoms with van der Waals surface area (Å²) in [7, 11) is 0. The number of benzene rings is 1. The Labute approximate surface area is 131 Å². The van der Waals surface area contributed by atoms with Crippen LogP contribution in [0.2, 0.25) is 0 Å². The predicted octanol–water partition coefficient (Wildman–Crippen LogP) is 3.24. The van der Waals surface area contributed by atoms with Crippen LogP contribution in [0.4, 0.5) is 5.69 Å². The van der Waals surface area contributed by atoms with Gasteiger partial charge in [-0.1, -0.05) is 19.4 Å². The van der Waals surface area contributed by atoms with Crippen LogP contribution in [0.25, 0.3) is 0 Å². The van der Waals surface area contributed by atoms with Crippen molar-refractivity contribution in [3.8, 4) is 5.75 Å². The van der Waals surface area contributed by atoms with E-state index in [4.69, 9.17) is 15.2 Å². The van der Waals surface area contributed by atoms with Gasteiger partial charge in [-0.05, 0) is 44.0 Å². The van der Waals surface area contributed by atoms with Crippen molar-refractivity contribution in [1.29, 1.82) is 0 Å². The second-order valence-electron chi connectivity index (χ2n) is 5.12. The van der Waals surface area contributed by atoms with Crippen molar-refractivity contribution in [1.82, 2.24) is 0 Å². The zero-order chi connectivity index (χ0) is 16.4. The fraction of sp³-hybridized carbons (Fsp3) is 0.412. The minimum absolute atomic E-state index is 0.251. The maximum Gasteiger partial charge on any atom is 0.333 e. The largest absolute Gasteiger partial charge is 0.462 e. The first-order chi connectivity index (χ1) is 10.5. The number of hydrogen-bond acceptors (Lipinski definition) is 5. The van der Waals surface area contributed by atoms with E-state index >= 15 is 0 Å². The Morgan fingerprint density at radius 3 is 2.36 bits per heavy atom. The molecule has 22 heavy (non-hydrogen) atoms. The third-order valence-electron chi connectivity index (χ3n) is 2.97. The Kier molecular flexibility index (Phi) is 7.75. The van der Waals surface area contributed by atoms with Gasteiger partial charge >= 0.3 is 11.9 Å². The maximum atomic E-state index is 11.6. The number of carbonyl (C=O) groups is 2. The molecule has 2 N–H and O–H groups in total. The summed E-state index contributed by atoms with van der Waals surface area (Å²) in [6.45, 7) is 5.52. The molecule has 0 aliphatic rings. The summed E-state index contributed by atoms with van der Waals surface area (Å²) >= 11 is 0. The first-order valence-electron chi connectivity index (χ1n) is 7.38. The lowest BCUT2D eigenvalue weighted by Crippen LogP contribution is -2.08. The molecule has 0 radical (unpaired) electrons.